The lowest BCUT2D eigenvalue weighted by molar-refractivity contribution is -0.116. The maximum Gasteiger partial charge on any atom is 0.330 e. The molecule has 0 aliphatic rings. The number of ether oxygens (including phenoxy) is 1. The summed E-state index contributed by atoms with van der Waals surface area (Å²) < 4.78 is 6.32. The Hall–Kier alpha value is -2.91. The number of nitrogens with two attached hydrogens (primary N) is 1. The van der Waals surface area contributed by atoms with E-state index < -0.39 is 11.2 Å². The third-order valence-electron chi connectivity index (χ3n) is 3.84. The fraction of sp³-hybridized carbons (Fsp3) is 0.389. The van der Waals surface area contributed by atoms with Gasteiger partial charge in [-0.1, -0.05) is 30.3 Å². The highest BCUT2D eigenvalue weighted by Crippen LogP contribution is 2.17. The van der Waals surface area contributed by atoms with Gasteiger partial charge in [-0.2, -0.15) is 0 Å². The van der Waals surface area contributed by atoms with Crippen LogP contribution in [-0.2, 0) is 16.1 Å². The summed E-state index contributed by atoms with van der Waals surface area (Å²) in [5.74, 6) is -0.243. The van der Waals surface area contributed by atoms with Crippen molar-refractivity contribution in [1.82, 2.24) is 9.55 Å². The number of rotatable bonds is 10. The van der Waals surface area contributed by atoms with Crippen molar-refractivity contribution in [3.63, 3.8) is 0 Å². The number of hydrogen-bond donors (Lipinski definition) is 4. The van der Waals surface area contributed by atoms with Crippen molar-refractivity contribution in [2.75, 3.05) is 37.4 Å². The second-order valence-corrected chi connectivity index (χ2v) is 5.91. The summed E-state index contributed by atoms with van der Waals surface area (Å²) >= 11 is 0. The van der Waals surface area contributed by atoms with Gasteiger partial charge in [0.1, 0.15) is 11.5 Å². The minimum absolute atomic E-state index is 0.0788. The molecule has 9 nitrogen and oxygen atoms in total. The molecule has 1 amide bonds. The van der Waals surface area contributed by atoms with E-state index in [9.17, 15) is 14.4 Å². The van der Waals surface area contributed by atoms with Gasteiger partial charge in [0.2, 0.25) is 5.91 Å². The number of nitrogens with one attached hydrogen (secondary N) is 3. The Kier molecular flexibility index (Phi) is 7.78. The number of carbonyl (C=O) groups is 1. The van der Waals surface area contributed by atoms with Gasteiger partial charge in [-0.15, -0.1) is 0 Å². The van der Waals surface area contributed by atoms with E-state index in [2.05, 4.69) is 15.6 Å². The second kappa shape index (κ2) is 10.3. The predicted octanol–water partition coefficient (Wildman–Crippen LogP) is 0.321. The molecular formula is C18H25N5O4. The van der Waals surface area contributed by atoms with E-state index >= 15 is 0 Å². The van der Waals surface area contributed by atoms with Crippen LogP contribution in [0.3, 0.4) is 0 Å². The first kappa shape index (κ1) is 20.4. The molecule has 146 valence electrons. The largest absolute Gasteiger partial charge is 0.385 e. The number of nitrogens with zero attached hydrogens (tertiary/aromatic N) is 1. The molecule has 0 spiro atoms. The maximum atomic E-state index is 12.4. The zero-order valence-corrected chi connectivity index (χ0v) is 15.3. The van der Waals surface area contributed by atoms with Crippen molar-refractivity contribution in [2.45, 2.75) is 19.4 Å². The summed E-state index contributed by atoms with van der Waals surface area (Å²) in [7, 11) is 1.59. The van der Waals surface area contributed by atoms with Crippen LogP contribution in [0.1, 0.15) is 18.4 Å². The quantitative estimate of drug-likeness (QED) is 0.442. The topological polar surface area (TPSA) is 131 Å². The van der Waals surface area contributed by atoms with Crippen molar-refractivity contribution >= 4 is 17.4 Å². The summed E-state index contributed by atoms with van der Waals surface area (Å²) in [5, 5.41) is 5.64. The molecule has 2 rings (SSSR count). The first-order valence-electron chi connectivity index (χ1n) is 8.70. The number of amides is 1. The smallest absolute Gasteiger partial charge is 0.330 e. The van der Waals surface area contributed by atoms with E-state index in [4.69, 9.17) is 10.5 Å². The predicted molar refractivity (Wildman–Crippen MR) is 104 cm³/mol. The second-order valence-electron chi connectivity index (χ2n) is 5.91. The van der Waals surface area contributed by atoms with Crippen molar-refractivity contribution in [3.05, 3.63) is 56.7 Å². The maximum absolute atomic E-state index is 12.4. The average molecular weight is 375 g/mol. The van der Waals surface area contributed by atoms with Gasteiger partial charge in [0.25, 0.3) is 5.56 Å². The number of carbonyl (C=O) groups excluding carboxylic acids is 1. The van der Waals surface area contributed by atoms with E-state index in [1.165, 1.54) is 4.57 Å². The summed E-state index contributed by atoms with van der Waals surface area (Å²) in [6, 6.07) is 9.28. The van der Waals surface area contributed by atoms with Crippen molar-refractivity contribution in [2.24, 2.45) is 5.73 Å². The molecule has 1 heterocycles. The third-order valence-corrected chi connectivity index (χ3v) is 3.84. The molecule has 0 bridgehead atoms. The Morgan fingerprint density at radius 3 is 2.67 bits per heavy atom. The monoisotopic (exact) mass is 375 g/mol. The van der Waals surface area contributed by atoms with Gasteiger partial charge in [0.05, 0.1) is 6.54 Å². The van der Waals surface area contributed by atoms with Gasteiger partial charge < -0.3 is 21.1 Å². The van der Waals surface area contributed by atoms with Crippen molar-refractivity contribution in [1.29, 1.82) is 0 Å². The molecule has 0 aliphatic heterocycles. The van der Waals surface area contributed by atoms with Crippen LogP contribution in [-0.4, -0.2) is 42.3 Å². The normalized spacial score (nSPS) is 10.6. The number of aromatic amines is 1. The van der Waals surface area contributed by atoms with Gasteiger partial charge in [0.15, 0.2) is 0 Å². The van der Waals surface area contributed by atoms with Crippen LogP contribution in [0.2, 0.25) is 0 Å². The number of H-pyrrole nitrogens is 1. The number of anilines is 2. The lowest BCUT2D eigenvalue weighted by Crippen LogP contribution is -2.36. The molecule has 0 fully saturated rings. The Labute approximate surface area is 156 Å². The van der Waals surface area contributed by atoms with Crippen LogP contribution in [0.5, 0.6) is 0 Å². The lowest BCUT2D eigenvalue weighted by atomic mass is 10.2. The highest BCUT2D eigenvalue weighted by molar-refractivity contribution is 5.93. The van der Waals surface area contributed by atoms with Crippen LogP contribution < -0.4 is 27.6 Å². The summed E-state index contributed by atoms with van der Waals surface area (Å²) in [4.78, 5) is 39.1. The van der Waals surface area contributed by atoms with E-state index in [0.717, 1.165) is 5.56 Å². The molecule has 0 saturated carbocycles. The highest BCUT2D eigenvalue weighted by atomic mass is 16.5. The summed E-state index contributed by atoms with van der Waals surface area (Å²) in [6.07, 6.45) is 0.735. The molecule has 0 radical (unpaired) electrons. The number of aromatic nitrogens is 2. The van der Waals surface area contributed by atoms with Crippen LogP contribution in [0, 0.1) is 0 Å². The molecule has 0 aliphatic carbocycles. The molecule has 0 unspecified atom stereocenters. The fourth-order valence-corrected chi connectivity index (χ4v) is 2.54. The molecule has 5 N–H and O–H groups in total. The average Bonchev–Trinajstić information content (AvgIpc) is 2.65. The molecule has 2 aromatic rings. The van der Waals surface area contributed by atoms with E-state index in [0.29, 0.717) is 19.6 Å². The minimum Gasteiger partial charge on any atom is -0.385 e. The Morgan fingerprint density at radius 1 is 1.26 bits per heavy atom. The SMILES string of the molecule is COCCCNc1c(NC(=O)CCN)n(Cc2ccccc2)c(=O)[nH]c1=O. The molecule has 9 heteroatoms. The van der Waals surface area contributed by atoms with Gasteiger partial charge in [-0.3, -0.25) is 19.1 Å². The molecule has 0 atom stereocenters. The minimum atomic E-state index is -0.602. The van der Waals surface area contributed by atoms with Crippen LogP contribution in [0.4, 0.5) is 11.5 Å². The van der Waals surface area contributed by atoms with E-state index in [-0.39, 0.29) is 36.9 Å². The molecule has 1 aromatic heterocycles. The zero-order chi connectivity index (χ0) is 19.6. The van der Waals surface area contributed by atoms with Crippen molar-refractivity contribution in [3.8, 4) is 0 Å². The number of hydrogen-bond acceptors (Lipinski definition) is 6. The van der Waals surface area contributed by atoms with Gasteiger partial charge in [0, 0.05) is 33.2 Å². The number of methoxy groups -OCH3 is 1. The van der Waals surface area contributed by atoms with E-state index in [1.54, 1.807) is 7.11 Å². The van der Waals surface area contributed by atoms with Crippen LogP contribution in [0.15, 0.2) is 39.9 Å². The zero-order valence-electron chi connectivity index (χ0n) is 15.3. The van der Waals surface area contributed by atoms with E-state index in [1.807, 2.05) is 30.3 Å². The molecule has 27 heavy (non-hydrogen) atoms. The van der Waals surface area contributed by atoms with Crippen molar-refractivity contribution < 1.29 is 9.53 Å². The molecule has 0 saturated heterocycles. The Balaban J connectivity index is 2.43. The summed E-state index contributed by atoms with van der Waals surface area (Å²) in [6.45, 7) is 1.32. The lowest BCUT2D eigenvalue weighted by Gasteiger charge is -2.18. The Morgan fingerprint density at radius 2 is 2.00 bits per heavy atom. The highest BCUT2D eigenvalue weighted by Gasteiger charge is 2.17. The fourth-order valence-electron chi connectivity index (χ4n) is 2.54. The molecular weight excluding hydrogens is 350 g/mol. The van der Waals surface area contributed by atoms with Gasteiger partial charge in [-0.05, 0) is 12.0 Å². The summed E-state index contributed by atoms with van der Waals surface area (Å²) in [5.41, 5.74) is 5.22. The Bertz CT molecular complexity index is 860. The first-order chi connectivity index (χ1) is 13.1. The van der Waals surface area contributed by atoms with Crippen LogP contribution in [0.25, 0.3) is 0 Å². The van der Waals surface area contributed by atoms with Crippen LogP contribution >= 0.6 is 0 Å². The standard InChI is InChI=1S/C18H25N5O4/c1-27-11-5-10-20-15-16(21-14(24)8-9-19)23(18(26)22-17(15)25)12-13-6-3-2-4-7-13/h2-4,6-7,20H,5,8-12,19H2,1H3,(H,21,24)(H,22,25,26). The van der Waals surface area contributed by atoms with Gasteiger partial charge >= 0.3 is 5.69 Å². The first-order valence-corrected chi connectivity index (χ1v) is 8.70. The van der Waals surface area contributed by atoms with Gasteiger partial charge in [-0.25, -0.2) is 4.79 Å². The molecule has 1 aromatic carbocycles. The number of benzene rings is 1. The third kappa shape index (κ3) is 5.80.